The molecule has 0 saturated carbocycles. The first kappa shape index (κ1) is 19.1. The summed E-state index contributed by atoms with van der Waals surface area (Å²) in [5.41, 5.74) is 1.82. The van der Waals surface area contributed by atoms with Gasteiger partial charge in [0.15, 0.2) is 0 Å². The smallest absolute Gasteiger partial charge is 0.267 e. The molecule has 142 valence electrons. The third-order valence-corrected chi connectivity index (χ3v) is 6.54. The standard InChI is InChI=1S/C20H22N2O4S/c1-14-8-10-17(11-9-14)27(25,26)22-18(12-13-19(22)23)20(24)21-15(2)16-6-4-3-5-7-16/h3-11,15,18H,12-13H2,1-2H3,(H,21,24)/t15-,18+/m1/s1. The first-order valence-corrected chi connectivity index (χ1v) is 10.2. The fourth-order valence-corrected chi connectivity index (χ4v) is 4.76. The number of carbonyl (C=O) groups is 2. The molecule has 1 aliphatic heterocycles. The quantitative estimate of drug-likeness (QED) is 0.856. The Morgan fingerprint density at radius 3 is 2.37 bits per heavy atom. The van der Waals surface area contributed by atoms with Gasteiger partial charge in [0.05, 0.1) is 10.9 Å². The molecule has 1 heterocycles. The summed E-state index contributed by atoms with van der Waals surface area (Å²) < 4.78 is 26.6. The van der Waals surface area contributed by atoms with Gasteiger partial charge in [0.1, 0.15) is 6.04 Å². The van der Waals surface area contributed by atoms with Crippen LogP contribution in [-0.4, -0.2) is 30.6 Å². The second kappa shape index (κ2) is 7.52. The van der Waals surface area contributed by atoms with Crippen LogP contribution < -0.4 is 5.32 Å². The maximum absolute atomic E-state index is 13.0. The Labute approximate surface area is 159 Å². The molecular weight excluding hydrogens is 364 g/mol. The fourth-order valence-electron chi connectivity index (χ4n) is 3.16. The minimum Gasteiger partial charge on any atom is -0.348 e. The van der Waals surface area contributed by atoms with E-state index in [9.17, 15) is 18.0 Å². The van der Waals surface area contributed by atoms with Gasteiger partial charge >= 0.3 is 0 Å². The minimum absolute atomic E-state index is 0.0113. The summed E-state index contributed by atoms with van der Waals surface area (Å²) in [4.78, 5) is 25.1. The van der Waals surface area contributed by atoms with Crippen molar-refractivity contribution >= 4 is 21.8 Å². The zero-order valence-electron chi connectivity index (χ0n) is 15.3. The van der Waals surface area contributed by atoms with Crippen LogP contribution in [0.4, 0.5) is 0 Å². The molecule has 0 unspecified atom stereocenters. The lowest BCUT2D eigenvalue weighted by molar-refractivity contribution is -0.131. The number of sulfonamides is 1. The highest BCUT2D eigenvalue weighted by atomic mass is 32.2. The van der Waals surface area contributed by atoms with E-state index in [1.807, 2.05) is 44.2 Å². The second-order valence-electron chi connectivity index (χ2n) is 6.70. The van der Waals surface area contributed by atoms with Crippen LogP contribution in [0.25, 0.3) is 0 Å². The second-order valence-corrected chi connectivity index (χ2v) is 8.52. The molecule has 1 fully saturated rings. The highest BCUT2D eigenvalue weighted by Gasteiger charge is 2.44. The Morgan fingerprint density at radius 2 is 1.74 bits per heavy atom. The zero-order chi connectivity index (χ0) is 19.6. The molecule has 0 spiro atoms. The Kier molecular flexibility index (Phi) is 5.32. The predicted octanol–water partition coefficient (Wildman–Crippen LogP) is 2.55. The Morgan fingerprint density at radius 1 is 1.11 bits per heavy atom. The van der Waals surface area contributed by atoms with Gasteiger partial charge < -0.3 is 5.32 Å². The van der Waals surface area contributed by atoms with E-state index in [0.29, 0.717) is 0 Å². The van der Waals surface area contributed by atoms with Gasteiger partial charge in [-0.2, -0.15) is 0 Å². The van der Waals surface area contributed by atoms with Gasteiger partial charge in [-0.25, -0.2) is 12.7 Å². The molecule has 2 aromatic rings. The molecule has 2 aromatic carbocycles. The fraction of sp³-hybridized carbons (Fsp3) is 0.300. The van der Waals surface area contributed by atoms with Crippen molar-refractivity contribution in [1.82, 2.24) is 9.62 Å². The van der Waals surface area contributed by atoms with Gasteiger partial charge in [0.2, 0.25) is 11.8 Å². The SMILES string of the molecule is Cc1ccc(S(=O)(=O)N2C(=O)CC[C@H]2C(=O)N[C@H](C)c2ccccc2)cc1. The first-order valence-electron chi connectivity index (χ1n) is 8.80. The summed E-state index contributed by atoms with van der Waals surface area (Å²) in [6.45, 7) is 3.67. The molecule has 0 radical (unpaired) electrons. The molecular formula is C20H22N2O4S. The van der Waals surface area contributed by atoms with Crippen LogP contribution >= 0.6 is 0 Å². The predicted molar refractivity (Wildman–Crippen MR) is 101 cm³/mol. The monoisotopic (exact) mass is 386 g/mol. The Bertz CT molecular complexity index is 940. The Balaban J connectivity index is 1.83. The number of rotatable bonds is 5. The summed E-state index contributed by atoms with van der Waals surface area (Å²) in [5, 5.41) is 2.82. The van der Waals surface area contributed by atoms with E-state index in [4.69, 9.17) is 0 Å². The molecule has 2 atom stereocenters. The molecule has 1 aliphatic rings. The summed E-state index contributed by atoms with van der Waals surface area (Å²) in [6, 6.07) is 14.3. The van der Waals surface area contributed by atoms with Crippen molar-refractivity contribution in [1.29, 1.82) is 0 Å². The number of hydrogen-bond acceptors (Lipinski definition) is 4. The maximum Gasteiger partial charge on any atom is 0.267 e. The first-order chi connectivity index (χ1) is 12.8. The van der Waals surface area contributed by atoms with Crippen LogP contribution in [0.2, 0.25) is 0 Å². The number of aryl methyl sites for hydroxylation is 1. The van der Waals surface area contributed by atoms with Crippen LogP contribution in [0.1, 0.15) is 36.9 Å². The normalized spacial score (nSPS) is 18.4. The molecule has 27 heavy (non-hydrogen) atoms. The van der Waals surface area contributed by atoms with Crippen LogP contribution in [0, 0.1) is 6.92 Å². The highest BCUT2D eigenvalue weighted by Crippen LogP contribution is 2.28. The van der Waals surface area contributed by atoms with Gasteiger partial charge in [-0.3, -0.25) is 9.59 Å². The third-order valence-electron chi connectivity index (χ3n) is 4.70. The molecule has 0 bridgehead atoms. The lowest BCUT2D eigenvalue weighted by atomic mass is 10.1. The maximum atomic E-state index is 13.0. The van der Waals surface area contributed by atoms with Crippen LogP contribution in [-0.2, 0) is 19.6 Å². The van der Waals surface area contributed by atoms with E-state index in [2.05, 4.69) is 5.32 Å². The molecule has 1 saturated heterocycles. The van der Waals surface area contributed by atoms with Crippen molar-refractivity contribution in [3.05, 3.63) is 65.7 Å². The van der Waals surface area contributed by atoms with Crippen molar-refractivity contribution in [2.45, 2.75) is 43.7 Å². The summed E-state index contributed by atoms with van der Waals surface area (Å²) in [6.07, 6.45) is 0.208. The van der Waals surface area contributed by atoms with Gasteiger partial charge in [0, 0.05) is 6.42 Å². The van der Waals surface area contributed by atoms with Crippen LogP contribution in [0.5, 0.6) is 0 Å². The van der Waals surface area contributed by atoms with Crippen LogP contribution in [0.15, 0.2) is 59.5 Å². The topological polar surface area (TPSA) is 83.6 Å². The van der Waals surface area contributed by atoms with E-state index in [-0.39, 0.29) is 23.8 Å². The Hall–Kier alpha value is -2.67. The van der Waals surface area contributed by atoms with E-state index in [1.165, 1.54) is 12.1 Å². The average Bonchev–Trinajstić information content (AvgIpc) is 3.05. The van der Waals surface area contributed by atoms with Crippen molar-refractivity contribution in [2.75, 3.05) is 0 Å². The molecule has 6 nitrogen and oxygen atoms in total. The van der Waals surface area contributed by atoms with Gasteiger partial charge in [-0.05, 0) is 38.0 Å². The van der Waals surface area contributed by atoms with E-state index in [0.717, 1.165) is 15.4 Å². The van der Waals surface area contributed by atoms with Gasteiger partial charge in [-0.1, -0.05) is 48.0 Å². The number of nitrogens with one attached hydrogen (secondary N) is 1. The van der Waals surface area contributed by atoms with E-state index >= 15 is 0 Å². The number of nitrogens with zero attached hydrogens (tertiary/aromatic N) is 1. The largest absolute Gasteiger partial charge is 0.348 e. The van der Waals surface area contributed by atoms with Crippen molar-refractivity contribution < 1.29 is 18.0 Å². The lowest BCUT2D eigenvalue weighted by Gasteiger charge is -2.25. The van der Waals surface area contributed by atoms with Crippen molar-refractivity contribution in [2.24, 2.45) is 0 Å². The van der Waals surface area contributed by atoms with E-state index < -0.39 is 27.9 Å². The van der Waals surface area contributed by atoms with Crippen molar-refractivity contribution in [3.63, 3.8) is 0 Å². The molecule has 1 N–H and O–H groups in total. The summed E-state index contributed by atoms with van der Waals surface area (Å²) >= 11 is 0. The highest BCUT2D eigenvalue weighted by molar-refractivity contribution is 7.89. The summed E-state index contributed by atoms with van der Waals surface area (Å²) in [7, 11) is -4.08. The number of benzene rings is 2. The van der Waals surface area contributed by atoms with E-state index in [1.54, 1.807) is 12.1 Å². The number of amides is 2. The van der Waals surface area contributed by atoms with Crippen LogP contribution in [0.3, 0.4) is 0 Å². The molecule has 3 rings (SSSR count). The molecule has 7 heteroatoms. The third kappa shape index (κ3) is 3.88. The molecule has 2 amide bonds. The number of hydrogen-bond donors (Lipinski definition) is 1. The number of carbonyl (C=O) groups excluding carboxylic acids is 2. The zero-order valence-corrected chi connectivity index (χ0v) is 16.1. The lowest BCUT2D eigenvalue weighted by Crippen LogP contribution is -2.47. The molecule has 0 aliphatic carbocycles. The average molecular weight is 386 g/mol. The molecule has 0 aromatic heterocycles. The van der Waals surface area contributed by atoms with Crippen molar-refractivity contribution in [3.8, 4) is 0 Å². The van der Waals surface area contributed by atoms with Gasteiger partial charge in [-0.15, -0.1) is 0 Å². The van der Waals surface area contributed by atoms with Gasteiger partial charge in [0.25, 0.3) is 10.0 Å². The summed E-state index contributed by atoms with van der Waals surface area (Å²) in [5.74, 6) is -1.02. The minimum atomic E-state index is -4.08.